The predicted octanol–water partition coefficient (Wildman–Crippen LogP) is 5.61. The Kier molecular flexibility index (Phi) is 8.86. The topological polar surface area (TPSA) is 50.8 Å². The molecule has 5 heteroatoms. The van der Waals surface area contributed by atoms with Crippen LogP contribution in [0.1, 0.15) is 75.1 Å². The number of nitrogens with zero attached hydrogens (tertiary/aromatic N) is 1. The summed E-state index contributed by atoms with van der Waals surface area (Å²) in [6, 6.07) is 14.7. The fraction of sp³-hybridized carbons (Fsp3) is 0.552. The molecule has 4 rings (SSSR count). The number of ether oxygens (including phenoxy) is 2. The molecule has 0 saturated carbocycles. The lowest BCUT2D eigenvalue weighted by molar-refractivity contribution is -0.121. The van der Waals surface area contributed by atoms with Crippen LogP contribution in [0.4, 0.5) is 5.69 Å². The van der Waals surface area contributed by atoms with Crippen molar-refractivity contribution in [3.8, 4) is 5.75 Å². The van der Waals surface area contributed by atoms with Gasteiger partial charge in [-0.1, -0.05) is 37.3 Å². The third-order valence-corrected chi connectivity index (χ3v) is 7.04. The zero-order valence-electron chi connectivity index (χ0n) is 20.9. The van der Waals surface area contributed by atoms with Crippen molar-refractivity contribution < 1.29 is 14.3 Å². The van der Waals surface area contributed by atoms with Gasteiger partial charge >= 0.3 is 0 Å². The van der Waals surface area contributed by atoms with Gasteiger partial charge in [-0.15, -0.1) is 0 Å². The van der Waals surface area contributed by atoms with Crippen LogP contribution in [-0.2, 0) is 22.4 Å². The number of benzene rings is 2. The highest BCUT2D eigenvalue weighted by molar-refractivity contribution is 5.79. The maximum Gasteiger partial charge on any atom is 0.224 e. The van der Waals surface area contributed by atoms with Crippen LogP contribution < -0.4 is 15.0 Å². The first-order valence-electron chi connectivity index (χ1n) is 13.2. The van der Waals surface area contributed by atoms with E-state index in [4.69, 9.17) is 9.47 Å². The second-order valence-corrected chi connectivity index (χ2v) is 9.50. The van der Waals surface area contributed by atoms with Gasteiger partial charge in [-0.25, -0.2) is 0 Å². The normalized spacial score (nSPS) is 19.1. The third kappa shape index (κ3) is 6.32. The Morgan fingerprint density at radius 1 is 1.12 bits per heavy atom. The number of rotatable bonds is 10. The molecule has 0 radical (unpaired) electrons. The standard InChI is InChI=1S/C29H40N2O3/c1-3-23-15-14-22(19-28(23)33-4-2)20-29(32)30-26(21-24-11-10-18-34-24)25-12-6-7-13-27(25)31-16-8-5-9-17-31/h6-7,12-15,19,24,26H,3-5,8-11,16-18,20-21H2,1-2H3,(H,30,32). The van der Waals surface area contributed by atoms with E-state index in [1.807, 2.05) is 13.0 Å². The van der Waals surface area contributed by atoms with Crippen molar-refractivity contribution in [1.29, 1.82) is 0 Å². The van der Waals surface area contributed by atoms with Crippen LogP contribution in [0.3, 0.4) is 0 Å². The van der Waals surface area contributed by atoms with Crippen LogP contribution in [-0.4, -0.2) is 38.3 Å². The number of anilines is 1. The van der Waals surface area contributed by atoms with Crippen molar-refractivity contribution >= 4 is 11.6 Å². The van der Waals surface area contributed by atoms with Gasteiger partial charge in [0.2, 0.25) is 5.91 Å². The Labute approximate surface area is 204 Å². The SMILES string of the molecule is CCOc1cc(CC(=O)NC(CC2CCCO2)c2ccccc2N2CCCCC2)ccc1CC. The fourth-order valence-corrected chi connectivity index (χ4v) is 5.28. The second-order valence-electron chi connectivity index (χ2n) is 9.50. The van der Waals surface area contributed by atoms with Gasteiger partial charge in [0.25, 0.3) is 0 Å². The molecular weight excluding hydrogens is 424 g/mol. The van der Waals surface area contributed by atoms with Crippen molar-refractivity contribution in [3.63, 3.8) is 0 Å². The predicted molar refractivity (Wildman–Crippen MR) is 138 cm³/mol. The minimum absolute atomic E-state index is 0.0446. The number of aryl methyl sites for hydroxylation is 1. The number of carbonyl (C=O) groups excluding carboxylic acids is 1. The summed E-state index contributed by atoms with van der Waals surface area (Å²) < 4.78 is 11.8. The van der Waals surface area contributed by atoms with Crippen LogP contribution in [0.2, 0.25) is 0 Å². The molecule has 2 unspecified atom stereocenters. The summed E-state index contributed by atoms with van der Waals surface area (Å²) in [7, 11) is 0. The fourth-order valence-electron chi connectivity index (χ4n) is 5.28. The molecule has 2 aliphatic rings. The van der Waals surface area contributed by atoms with E-state index in [9.17, 15) is 4.79 Å². The van der Waals surface area contributed by atoms with Crippen LogP contribution in [0.25, 0.3) is 0 Å². The second kappa shape index (κ2) is 12.3. The summed E-state index contributed by atoms with van der Waals surface area (Å²) in [6.07, 6.45) is 8.20. The van der Waals surface area contributed by atoms with Gasteiger partial charge in [0.15, 0.2) is 0 Å². The van der Waals surface area contributed by atoms with E-state index in [-0.39, 0.29) is 18.1 Å². The molecule has 2 fully saturated rings. The molecule has 2 heterocycles. The van der Waals surface area contributed by atoms with E-state index < -0.39 is 0 Å². The van der Waals surface area contributed by atoms with Gasteiger partial charge in [-0.3, -0.25) is 4.79 Å². The Morgan fingerprint density at radius 3 is 2.68 bits per heavy atom. The molecule has 2 saturated heterocycles. The summed E-state index contributed by atoms with van der Waals surface area (Å²) in [5, 5.41) is 3.38. The van der Waals surface area contributed by atoms with E-state index in [0.717, 1.165) is 56.7 Å². The average Bonchev–Trinajstić information content (AvgIpc) is 3.38. The maximum absolute atomic E-state index is 13.3. The van der Waals surface area contributed by atoms with Crippen LogP contribution in [0, 0.1) is 0 Å². The molecular formula is C29H40N2O3. The number of hydrogen-bond donors (Lipinski definition) is 1. The Balaban J connectivity index is 1.53. The highest BCUT2D eigenvalue weighted by atomic mass is 16.5. The van der Waals surface area contributed by atoms with Crippen molar-refractivity contribution in [3.05, 3.63) is 59.2 Å². The first kappa shape index (κ1) is 24.6. The summed E-state index contributed by atoms with van der Waals surface area (Å²) in [4.78, 5) is 15.8. The highest BCUT2D eigenvalue weighted by Gasteiger charge is 2.27. The Hall–Kier alpha value is -2.53. The van der Waals surface area contributed by atoms with E-state index >= 15 is 0 Å². The number of nitrogens with one attached hydrogen (secondary N) is 1. The lowest BCUT2D eigenvalue weighted by atomic mass is 9.95. The smallest absolute Gasteiger partial charge is 0.224 e. The van der Waals surface area contributed by atoms with E-state index in [1.54, 1.807) is 0 Å². The summed E-state index contributed by atoms with van der Waals surface area (Å²) in [6.45, 7) is 7.74. The molecule has 1 amide bonds. The molecule has 2 aromatic rings. The van der Waals surface area contributed by atoms with Gasteiger partial charge < -0.3 is 19.7 Å². The Bertz CT molecular complexity index is 933. The minimum Gasteiger partial charge on any atom is -0.494 e. The number of para-hydroxylation sites is 1. The van der Waals surface area contributed by atoms with Gasteiger partial charge in [0.05, 0.1) is 25.2 Å². The molecule has 2 aromatic carbocycles. The molecule has 2 atom stereocenters. The van der Waals surface area contributed by atoms with Gasteiger partial charge in [-0.05, 0) is 80.7 Å². The quantitative estimate of drug-likeness (QED) is 0.497. The molecule has 2 aliphatic heterocycles. The zero-order chi connectivity index (χ0) is 23.8. The van der Waals surface area contributed by atoms with Gasteiger partial charge in [0, 0.05) is 25.4 Å². The van der Waals surface area contributed by atoms with Crippen molar-refractivity contribution in [2.75, 3.05) is 31.2 Å². The summed E-state index contributed by atoms with van der Waals surface area (Å²) in [5.41, 5.74) is 4.64. The average molecular weight is 465 g/mol. The maximum atomic E-state index is 13.3. The molecule has 5 nitrogen and oxygen atoms in total. The zero-order valence-corrected chi connectivity index (χ0v) is 20.9. The number of hydrogen-bond acceptors (Lipinski definition) is 4. The molecule has 0 bridgehead atoms. The molecule has 184 valence electrons. The molecule has 1 N–H and O–H groups in total. The summed E-state index contributed by atoms with van der Waals surface area (Å²) in [5.74, 6) is 0.935. The lowest BCUT2D eigenvalue weighted by Crippen LogP contribution is -2.35. The summed E-state index contributed by atoms with van der Waals surface area (Å²) >= 11 is 0. The molecule has 0 aromatic heterocycles. The molecule has 34 heavy (non-hydrogen) atoms. The number of amides is 1. The van der Waals surface area contributed by atoms with Crippen LogP contribution in [0.5, 0.6) is 5.75 Å². The third-order valence-electron chi connectivity index (χ3n) is 7.04. The van der Waals surface area contributed by atoms with Crippen molar-refractivity contribution in [2.24, 2.45) is 0 Å². The Morgan fingerprint density at radius 2 is 1.94 bits per heavy atom. The van der Waals surface area contributed by atoms with Gasteiger partial charge in [0.1, 0.15) is 5.75 Å². The van der Waals surface area contributed by atoms with Crippen LogP contribution in [0.15, 0.2) is 42.5 Å². The van der Waals surface area contributed by atoms with E-state index in [2.05, 4.69) is 53.5 Å². The lowest BCUT2D eigenvalue weighted by Gasteiger charge is -2.33. The van der Waals surface area contributed by atoms with Crippen molar-refractivity contribution in [1.82, 2.24) is 5.32 Å². The molecule has 0 aliphatic carbocycles. The monoisotopic (exact) mass is 464 g/mol. The minimum atomic E-state index is -0.0602. The van der Waals surface area contributed by atoms with Crippen LogP contribution >= 0.6 is 0 Å². The largest absolute Gasteiger partial charge is 0.494 e. The molecule has 0 spiro atoms. The number of carbonyl (C=O) groups is 1. The van der Waals surface area contributed by atoms with E-state index in [1.165, 1.54) is 36.1 Å². The van der Waals surface area contributed by atoms with E-state index in [0.29, 0.717) is 13.0 Å². The highest BCUT2D eigenvalue weighted by Crippen LogP contribution is 2.33. The van der Waals surface area contributed by atoms with Crippen molar-refractivity contribution in [2.45, 2.75) is 77.4 Å². The first-order valence-corrected chi connectivity index (χ1v) is 13.2. The van der Waals surface area contributed by atoms with Gasteiger partial charge in [-0.2, -0.15) is 0 Å². The number of piperidine rings is 1. The first-order chi connectivity index (χ1) is 16.7.